The number of anilines is 1. The lowest BCUT2D eigenvalue weighted by Crippen LogP contribution is -2.37. The standard InChI is InChI=1S/C20H27N5OS.ClH/c1-13(2)25-15(4)12-17(22-25)19(26)24(10-9-23(5)6)20-21-16-8-7-14(3)11-18(16)27-20;/h7-8,11-13H,9-10H2,1-6H3;1H. The van der Waals surface area contributed by atoms with E-state index in [1.54, 1.807) is 16.2 Å². The van der Waals surface area contributed by atoms with E-state index in [4.69, 9.17) is 4.98 Å². The average molecular weight is 422 g/mol. The maximum Gasteiger partial charge on any atom is 0.280 e. The van der Waals surface area contributed by atoms with Gasteiger partial charge in [-0.3, -0.25) is 14.4 Å². The van der Waals surface area contributed by atoms with Gasteiger partial charge < -0.3 is 4.90 Å². The number of amides is 1. The van der Waals surface area contributed by atoms with Crippen molar-refractivity contribution in [2.45, 2.75) is 33.7 Å². The second kappa shape index (κ2) is 9.03. The first-order chi connectivity index (χ1) is 12.8. The molecule has 2 aromatic heterocycles. The number of carbonyl (C=O) groups is 1. The Hall–Kier alpha value is -1.96. The number of likely N-dealkylation sites (N-methyl/N-ethyl adjacent to an activating group) is 1. The van der Waals surface area contributed by atoms with Crippen LogP contribution in [0.25, 0.3) is 10.2 Å². The summed E-state index contributed by atoms with van der Waals surface area (Å²) in [6, 6.07) is 8.25. The molecular weight excluding hydrogens is 394 g/mol. The molecule has 1 amide bonds. The van der Waals surface area contributed by atoms with Gasteiger partial charge in [-0.25, -0.2) is 4.98 Å². The SMILES string of the molecule is Cc1ccc2nc(N(CCN(C)C)C(=O)c3cc(C)n(C(C)C)n3)sc2c1.Cl. The number of rotatable bonds is 6. The molecule has 0 aliphatic carbocycles. The van der Waals surface area contributed by atoms with Crippen molar-refractivity contribution in [3.8, 4) is 0 Å². The molecule has 3 aromatic rings. The van der Waals surface area contributed by atoms with E-state index in [1.807, 2.05) is 43.9 Å². The summed E-state index contributed by atoms with van der Waals surface area (Å²) in [5, 5.41) is 5.26. The topological polar surface area (TPSA) is 54.3 Å². The van der Waals surface area contributed by atoms with Gasteiger partial charge in [-0.2, -0.15) is 5.10 Å². The van der Waals surface area contributed by atoms with Gasteiger partial charge in [0.25, 0.3) is 5.91 Å². The second-order valence-electron chi connectivity index (χ2n) is 7.44. The van der Waals surface area contributed by atoms with E-state index in [-0.39, 0.29) is 24.4 Å². The maximum atomic E-state index is 13.3. The Bertz CT molecular complexity index is 963. The van der Waals surface area contributed by atoms with E-state index in [1.165, 1.54) is 5.56 Å². The van der Waals surface area contributed by atoms with Gasteiger partial charge in [0.2, 0.25) is 0 Å². The van der Waals surface area contributed by atoms with E-state index >= 15 is 0 Å². The van der Waals surface area contributed by atoms with Crippen LogP contribution in [0.4, 0.5) is 5.13 Å². The third-order valence-electron chi connectivity index (χ3n) is 4.41. The van der Waals surface area contributed by atoms with Crippen LogP contribution in [0.15, 0.2) is 24.3 Å². The van der Waals surface area contributed by atoms with Crippen molar-refractivity contribution < 1.29 is 4.79 Å². The first kappa shape index (κ1) is 22.3. The molecule has 0 fully saturated rings. The van der Waals surface area contributed by atoms with Gasteiger partial charge in [0, 0.05) is 24.8 Å². The number of halogens is 1. The van der Waals surface area contributed by atoms with Crippen LogP contribution in [0.1, 0.15) is 41.6 Å². The Morgan fingerprint density at radius 1 is 1.18 bits per heavy atom. The molecule has 0 atom stereocenters. The first-order valence-corrected chi connectivity index (χ1v) is 9.98. The van der Waals surface area contributed by atoms with Gasteiger partial charge in [-0.15, -0.1) is 12.4 Å². The molecule has 8 heteroatoms. The molecule has 0 aliphatic heterocycles. The molecule has 152 valence electrons. The summed E-state index contributed by atoms with van der Waals surface area (Å²) in [7, 11) is 4.00. The van der Waals surface area contributed by atoms with E-state index in [0.29, 0.717) is 12.2 Å². The smallest absolute Gasteiger partial charge is 0.280 e. The van der Waals surface area contributed by atoms with Gasteiger partial charge in [0.05, 0.1) is 10.2 Å². The predicted octanol–water partition coefficient (Wildman–Crippen LogP) is 4.32. The molecule has 6 nitrogen and oxygen atoms in total. The highest BCUT2D eigenvalue weighted by molar-refractivity contribution is 7.22. The fourth-order valence-corrected chi connectivity index (χ4v) is 4.06. The van der Waals surface area contributed by atoms with E-state index in [2.05, 4.69) is 36.8 Å². The maximum absolute atomic E-state index is 13.3. The Kier molecular flexibility index (Phi) is 7.20. The number of hydrogen-bond acceptors (Lipinski definition) is 5. The van der Waals surface area contributed by atoms with Crippen molar-refractivity contribution in [3.63, 3.8) is 0 Å². The molecule has 28 heavy (non-hydrogen) atoms. The molecule has 0 radical (unpaired) electrons. The number of aromatic nitrogens is 3. The number of aryl methyl sites for hydroxylation is 2. The number of hydrogen-bond donors (Lipinski definition) is 0. The first-order valence-electron chi connectivity index (χ1n) is 9.16. The summed E-state index contributed by atoms with van der Waals surface area (Å²) in [6.07, 6.45) is 0. The lowest BCUT2D eigenvalue weighted by Gasteiger charge is -2.21. The van der Waals surface area contributed by atoms with E-state index in [9.17, 15) is 4.79 Å². The molecule has 0 unspecified atom stereocenters. The molecule has 0 saturated heterocycles. The molecule has 0 aliphatic rings. The van der Waals surface area contributed by atoms with Gasteiger partial charge >= 0.3 is 0 Å². The minimum Gasteiger partial charge on any atom is -0.308 e. The third kappa shape index (κ3) is 4.71. The van der Waals surface area contributed by atoms with Crippen molar-refractivity contribution in [2.24, 2.45) is 0 Å². The summed E-state index contributed by atoms with van der Waals surface area (Å²) >= 11 is 1.55. The highest BCUT2D eigenvalue weighted by Gasteiger charge is 2.24. The lowest BCUT2D eigenvalue weighted by atomic mass is 10.2. The monoisotopic (exact) mass is 421 g/mol. The molecule has 0 N–H and O–H groups in total. The zero-order valence-electron chi connectivity index (χ0n) is 17.3. The average Bonchev–Trinajstić information content (AvgIpc) is 3.17. The molecule has 2 heterocycles. The van der Waals surface area contributed by atoms with Gasteiger partial charge in [-0.05, 0) is 65.6 Å². The van der Waals surface area contributed by atoms with Crippen LogP contribution in [0.3, 0.4) is 0 Å². The van der Waals surface area contributed by atoms with Crippen molar-refractivity contribution >= 4 is 45.0 Å². The minimum absolute atomic E-state index is 0. The van der Waals surface area contributed by atoms with Crippen LogP contribution >= 0.6 is 23.7 Å². The zero-order valence-corrected chi connectivity index (χ0v) is 18.9. The zero-order chi connectivity index (χ0) is 19.7. The Morgan fingerprint density at radius 3 is 2.50 bits per heavy atom. The van der Waals surface area contributed by atoms with Crippen molar-refractivity contribution in [1.82, 2.24) is 19.7 Å². The van der Waals surface area contributed by atoms with Gasteiger partial charge in [0.15, 0.2) is 10.8 Å². The van der Waals surface area contributed by atoms with Crippen LogP contribution in [0.5, 0.6) is 0 Å². The summed E-state index contributed by atoms with van der Waals surface area (Å²) in [5.74, 6) is -0.102. The summed E-state index contributed by atoms with van der Waals surface area (Å²) < 4.78 is 2.98. The molecule has 0 bridgehead atoms. The summed E-state index contributed by atoms with van der Waals surface area (Å²) in [6.45, 7) is 9.49. The minimum atomic E-state index is -0.102. The van der Waals surface area contributed by atoms with Crippen molar-refractivity contribution in [2.75, 3.05) is 32.1 Å². The van der Waals surface area contributed by atoms with Crippen LogP contribution in [-0.2, 0) is 0 Å². The highest BCUT2D eigenvalue weighted by atomic mass is 35.5. The van der Waals surface area contributed by atoms with E-state index in [0.717, 1.165) is 27.6 Å². The normalized spacial score (nSPS) is 11.3. The number of fused-ring (bicyclic) bond motifs is 1. The van der Waals surface area contributed by atoms with Crippen LogP contribution in [0.2, 0.25) is 0 Å². The second-order valence-corrected chi connectivity index (χ2v) is 8.45. The largest absolute Gasteiger partial charge is 0.308 e. The molecule has 0 spiro atoms. The predicted molar refractivity (Wildman–Crippen MR) is 119 cm³/mol. The Morgan fingerprint density at radius 2 is 1.89 bits per heavy atom. The molecular formula is C20H28ClN5OS. The Labute approximate surface area is 176 Å². The Balaban J connectivity index is 0.00000280. The van der Waals surface area contributed by atoms with Crippen LogP contribution < -0.4 is 4.90 Å². The number of nitrogens with zero attached hydrogens (tertiary/aromatic N) is 5. The van der Waals surface area contributed by atoms with Crippen molar-refractivity contribution in [3.05, 3.63) is 41.2 Å². The van der Waals surface area contributed by atoms with Crippen LogP contribution in [0, 0.1) is 13.8 Å². The fourth-order valence-electron chi connectivity index (χ4n) is 2.97. The summed E-state index contributed by atoms with van der Waals surface area (Å²) in [5.41, 5.74) is 3.57. The molecule has 0 saturated carbocycles. The highest BCUT2D eigenvalue weighted by Crippen LogP contribution is 2.30. The van der Waals surface area contributed by atoms with Gasteiger partial charge in [-0.1, -0.05) is 17.4 Å². The lowest BCUT2D eigenvalue weighted by molar-refractivity contribution is 0.0979. The third-order valence-corrected chi connectivity index (χ3v) is 5.45. The van der Waals surface area contributed by atoms with Gasteiger partial charge in [0.1, 0.15) is 0 Å². The molecule has 1 aromatic carbocycles. The number of benzene rings is 1. The molecule has 3 rings (SSSR count). The van der Waals surface area contributed by atoms with Crippen LogP contribution in [-0.4, -0.2) is 52.8 Å². The number of carbonyl (C=O) groups excluding carboxylic acids is 1. The van der Waals surface area contributed by atoms with Crippen molar-refractivity contribution in [1.29, 1.82) is 0 Å². The summed E-state index contributed by atoms with van der Waals surface area (Å²) in [4.78, 5) is 21.8. The quantitative estimate of drug-likeness (QED) is 0.594. The fraction of sp³-hybridized carbons (Fsp3) is 0.450. The number of thiazole rings is 1. The van der Waals surface area contributed by atoms with E-state index < -0.39 is 0 Å².